The zero-order valence-electron chi connectivity index (χ0n) is 54.4. The predicted molar refractivity (Wildman–Crippen MR) is 350 cm³/mol. The van der Waals surface area contributed by atoms with Crippen molar-refractivity contribution in [3.63, 3.8) is 0 Å². The van der Waals surface area contributed by atoms with Gasteiger partial charge in [0.1, 0.15) is 61.8 Å². The molecule has 1 aliphatic carbocycles. The average Bonchev–Trinajstić information content (AvgIpc) is 1.84. The van der Waals surface area contributed by atoms with Gasteiger partial charge in [-0.25, -0.2) is 14.4 Å². The maximum atomic E-state index is 12.4. The summed E-state index contributed by atoms with van der Waals surface area (Å²) in [5, 5.41) is 17.4. The monoisotopic (exact) mass is 1230 g/mol. The van der Waals surface area contributed by atoms with Gasteiger partial charge in [-0.3, -0.25) is 0 Å². The van der Waals surface area contributed by atoms with Crippen LogP contribution in [0.15, 0.2) is 60.7 Å². The molecule has 0 atom stereocenters. The van der Waals surface area contributed by atoms with Crippen molar-refractivity contribution < 1.29 is 57.0 Å². The van der Waals surface area contributed by atoms with E-state index in [1.165, 1.54) is 0 Å². The average molecular weight is 1230 g/mol. The summed E-state index contributed by atoms with van der Waals surface area (Å²) in [6.45, 7) is 23.9. The lowest BCUT2D eigenvalue weighted by Gasteiger charge is -2.24. The van der Waals surface area contributed by atoms with E-state index >= 15 is 0 Å². The smallest absolute Gasteiger partial charge is 0.314 e. The lowest BCUT2D eigenvalue weighted by molar-refractivity contribution is 0.0755. The summed E-state index contributed by atoms with van der Waals surface area (Å²) in [4.78, 5) is 37.1. The van der Waals surface area contributed by atoms with Gasteiger partial charge in [0.05, 0.1) is 52.9 Å². The van der Waals surface area contributed by atoms with Gasteiger partial charge in [-0.15, -0.1) is 0 Å². The Hall–Kier alpha value is -7.25. The molecule has 3 aliphatic rings. The summed E-state index contributed by atoms with van der Waals surface area (Å²) in [7, 11) is 0. The number of benzene rings is 5. The van der Waals surface area contributed by atoms with E-state index in [4.69, 9.17) is 42.6 Å². The number of carbonyl (C=O) groups excluding carboxylic acids is 3. The van der Waals surface area contributed by atoms with Crippen LogP contribution in [0.2, 0.25) is 0 Å². The molecule has 2 aliphatic heterocycles. The molecule has 8 rings (SSSR count). The van der Waals surface area contributed by atoms with Crippen molar-refractivity contribution in [3.05, 3.63) is 144 Å². The summed E-state index contributed by atoms with van der Waals surface area (Å²) < 4.78 is 59.4. The van der Waals surface area contributed by atoms with Crippen molar-refractivity contribution in [2.75, 3.05) is 125 Å². The first kappa shape index (κ1) is 69.2. The number of aryl methyl sites for hydroxylation is 5. The van der Waals surface area contributed by atoms with E-state index in [9.17, 15) is 14.4 Å². The minimum absolute atomic E-state index is 0.200. The van der Waals surface area contributed by atoms with Crippen molar-refractivity contribution in [2.45, 2.75) is 126 Å². The Bertz CT molecular complexity index is 2880. The summed E-state index contributed by atoms with van der Waals surface area (Å²) >= 11 is 0. The van der Waals surface area contributed by atoms with Crippen LogP contribution < -0.4 is 55.6 Å². The number of fused-ring (bicyclic) bond motifs is 6. The maximum Gasteiger partial charge on any atom is 0.314 e. The summed E-state index contributed by atoms with van der Waals surface area (Å²) in [5.74, 6) is 3.84. The number of amides is 6. The molecule has 5 aromatic carbocycles. The van der Waals surface area contributed by atoms with Crippen LogP contribution in [0.1, 0.15) is 143 Å². The van der Waals surface area contributed by atoms with Crippen LogP contribution in [0.5, 0.6) is 28.7 Å². The van der Waals surface area contributed by atoms with Crippen LogP contribution in [-0.2, 0) is 51.1 Å². The van der Waals surface area contributed by atoms with Gasteiger partial charge in [-0.2, -0.15) is 0 Å². The molecular formula is C71H100N6O12. The normalized spacial score (nSPS) is 13.0. The Morgan fingerprint density at radius 2 is 0.584 bits per heavy atom. The number of hydrogen-bond donors (Lipinski definition) is 6. The maximum absolute atomic E-state index is 12.4. The van der Waals surface area contributed by atoms with E-state index < -0.39 is 0 Å². The van der Waals surface area contributed by atoms with E-state index in [0.717, 1.165) is 151 Å². The van der Waals surface area contributed by atoms with Crippen LogP contribution in [-0.4, -0.2) is 143 Å². The van der Waals surface area contributed by atoms with E-state index in [1.54, 1.807) is 0 Å². The van der Waals surface area contributed by atoms with E-state index in [1.807, 2.05) is 0 Å². The van der Waals surface area contributed by atoms with E-state index in [2.05, 4.69) is 148 Å². The van der Waals surface area contributed by atoms with Crippen molar-refractivity contribution in [3.8, 4) is 28.7 Å². The lowest BCUT2D eigenvalue weighted by atomic mass is 9.88. The third kappa shape index (κ3) is 22.9. The Labute approximate surface area is 528 Å². The standard InChI is InChI=1S/C71H100N6O12/c1-9-12-15-72-69(78)75-18-21-81-24-29-85-64-54-34-49(4)36-56(64)45-60-40-52(7)42-62-47-58-38-51(6)39-59(66(58)87-31-26-83-23-20-77-71(80)74-17-14-11-3)48-63-43-53(8)41-61(68(63)89-33-28-84-27-32-88-67(60)62)46-57-37-50(5)35-55(44-54)65(57)86-30-25-82-22-19-76-70(79)73-16-13-10-2/h34-43H,9-33,44-48H2,1-8H3,(H2,72,75,78)(H2,73,76,79)(H2,74,77,80). The van der Waals surface area contributed by atoms with Crippen LogP contribution in [0, 0.1) is 34.6 Å². The fourth-order valence-electron chi connectivity index (χ4n) is 11.4. The van der Waals surface area contributed by atoms with Crippen molar-refractivity contribution in [2.24, 2.45) is 0 Å². The molecule has 2 heterocycles. The highest BCUT2D eigenvalue weighted by atomic mass is 16.6. The van der Waals surface area contributed by atoms with Gasteiger partial charge >= 0.3 is 18.1 Å². The fourth-order valence-corrected chi connectivity index (χ4v) is 11.4. The summed E-state index contributed by atoms with van der Waals surface area (Å²) in [6.07, 6.45) is 8.26. The summed E-state index contributed by atoms with van der Waals surface area (Å²) in [6, 6.07) is 21.5. The second kappa shape index (κ2) is 37.7. The van der Waals surface area contributed by atoms with Gasteiger partial charge in [0.2, 0.25) is 0 Å². The van der Waals surface area contributed by atoms with Gasteiger partial charge in [0.25, 0.3) is 0 Å². The zero-order chi connectivity index (χ0) is 63.2. The number of rotatable bonds is 30. The molecule has 12 bridgehead atoms. The molecule has 0 saturated heterocycles. The molecule has 0 saturated carbocycles. The fraction of sp³-hybridized carbons (Fsp3) is 0.535. The molecule has 6 amide bonds. The van der Waals surface area contributed by atoms with Crippen LogP contribution in [0.25, 0.3) is 0 Å². The number of unbranched alkanes of at least 4 members (excludes halogenated alkanes) is 3. The molecule has 486 valence electrons. The van der Waals surface area contributed by atoms with Crippen LogP contribution >= 0.6 is 0 Å². The Morgan fingerprint density at radius 1 is 0.337 bits per heavy atom. The molecule has 0 spiro atoms. The Morgan fingerprint density at radius 3 is 0.854 bits per heavy atom. The molecule has 0 unspecified atom stereocenters. The third-order valence-electron chi connectivity index (χ3n) is 15.3. The quantitative estimate of drug-likeness (QED) is 0.0184. The third-order valence-corrected chi connectivity index (χ3v) is 15.3. The summed E-state index contributed by atoms with van der Waals surface area (Å²) in [5.41, 5.74) is 15.4. The zero-order valence-corrected chi connectivity index (χ0v) is 54.4. The Balaban J connectivity index is 1.32. The Kier molecular flexibility index (Phi) is 29.3. The number of hydrogen-bond acceptors (Lipinski definition) is 12. The molecule has 0 fully saturated rings. The van der Waals surface area contributed by atoms with Gasteiger partial charge in [0.15, 0.2) is 0 Å². The molecule has 18 heteroatoms. The van der Waals surface area contributed by atoms with E-state index in [-0.39, 0.29) is 37.9 Å². The lowest BCUT2D eigenvalue weighted by Crippen LogP contribution is -2.37. The second-order valence-corrected chi connectivity index (χ2v) is 23.2. The highest BCUT2D eigenvalue weighted by Gasteiger charge is 2.25. The largest absolute Gasteiger partial charge is 0.491 e. The molecule has 0 radical (unpaired) electrons. The molecule has 5 aromatic rings. The first-order valence-corrected chi connectivity index (χ1v) is 32.4. The van der Waals surface area contributed by atoms with Gasteiger partial charge in [-0.05, 0) is 110 Å². The SMILES string of the molecule is CCCCNC(=O)NCCOCCOc1c2cc(C)cc1Cc1cc(C)cc3c1OCCOCCOc1c(cc(C)cc1Cc1cc(C)cc(c1OCCOCCNC(=O)NCCCC)C3)Cc1cc(C)cc(c1OCCOCCNC(=O)NCCCC)C2. The minimum atomic E-state index is -0.206. The van der Waals surface area contributed by atoms with Gasteiger partial charge in [0, 0.05) is 71.4 Å². The highest BCUT2D eigenvalue weighted by Crippen LogP contribution is 2.41. The highest BCUT2D eigenvalue weighted by molar-refractivity contribution is 5.74. The van der Waals surface area contributed by atoms with Crippen molar-refractivity contribution in [1.82, 2.24) is 31.9 Å². The number of carbonyl (C=O) groups is 3. The number of ether oxygens (including phenoxy) is 9. The topological polar surface area (TPSA) is 206 Å². The molecule has 6 N–H and O–H groups in total. The first-order chi connectivity index (χ1) is 43.3. The first-order valence-electron chi connectivity index (χ1n) is 32.4. The molecule has 18 nitrogen and oxygen atoms in total. The van der Waals surface area contributed by atoms with Gasteiger partial charge < -0.3 is 74.5 Å². The van der Waals surface area contributed by atoms with Crippen molar-refractivity contribution in [1.29, 1.82) is 0 Å². The molecular weight excluding hydrogens is 1130 g/mol. The predicted octanol–water partition coefficient (Wildman–Crippen LogP) is 10.8. The van der Waals surface area contributed by atoms with Crippen LogP contribution in [0.3, 0.4) is 0 Å². The minimum Gasteiger partial charge on any atom is -0.491 e. The van der Waals surface area contributed by atoms with E-state index in [0.29, 0.717) is 137 Å². The van der Waals surface area contributed by atoms with Gasteiger partial charge in [-0.1, -0.05) is 129 Å². The molecule has 0 aromatic heterocycles. The van der Waals surface area contributed by atoms with Crippen LogP contribution in [0.4, 0.5) is 14.4 Å². The molecule has 89 heavy (non-hydrogen) atoms. The number of nitrogens with one attached hydrogen (secondary N) is 6. The van der Waals surface area contributed by atoms with Crippen molar-refractivity contribution >= 4 is 18.1 Å². The number of urea groups is 3. The second-order valence-electron chi connectivity index (χ2n) is 23.2.